The van der Waals surface area contributed by atoms with E-state index >= 15 is 0 Å². The number of hydrogen-bond acceptors (Lipinski definition) is 2. The third-order valence-electron chi connectivity index (χ3n) is 3.06. The molecule has 0 atom stereocenters. The molecule has 0 aromatic heterocycles. The first-order chi connectivity index (χ1) is 10.4. The Morgan fingerprint density at radius 1 is 1.09 bits per heavy atom. The maximum absolute atomic E-state index is 11.8. The molecule has 22 heavy (non-hydrogen) atoms. The predicted molar refractivity (Wildman–Crippen MR) is 89.7 cm³/mol. The summed E-state index contributed by atoms with van der Waals surface area (Å²) >= 11 is 11.9. The molecule has 0 aliphatic rings. The molecule has 0 heterocycles. The summed E-state index contributed by atoms with van der Waals surface area (Å²) in [5.74, 6) is 0.488. The molecule has 0 fully saturated rings. The first-order valence-electron chi connectivity index (χ1n) is 6.86. The van der Waals surface area contributed by atoms with Crippen LogP contribution in [0.1, 0.15) is 16.7 Å². The van der Waals surface area contributed by atoms with Crippen LogP contribution in [0.25, 0.3) is 0 Å². The summed E-state index contributed by atoms with van der Waals surface area (Å²) in [6.07, 6.45) is 0. The second-order valence-corrected chi connectivity index (χ2v) is 5.97. The predicted octanol–water partition coefficient (Wildman–Crippen LogP) is 4.31. The van der Waals surface area contributed by atoms with Gasteiger partial charge >= 0.3 is 0 Å². The van der Waals surface area contributed by atoms with Crippen molar-refractivity contribution in [1.82, 2.24) is 5.32 Å². The molecule has 0 aliphatic carbocycles. The smallest absolute Gasteiger partial charge is 0.258 e. The first kappa shape index (κ1) is 16.7. The molecular weight excluding hydrogens is 321 g/mol. The average molecular weight is 338 g/mol. The molecule has 0 spiro atoms. The summed E-state index contributed by atoms with van der Waals surface area (Å²) in [5.41, 5.74) is 3.01. The zero-order chi connectivity index (χ0) is 16.1. The van der Waals surface area contributed by atoms with Gasteiger partial charge in [0.05, 0.1) is 0 Å². The van der Waals surface area contributed by atoms with Crippen LogP contribution in [0.15, 0.2) is 36.4 Å². The topological polar surface area (TPSA) is 38.3 Å². The fourth-order valence-corrected chi connectivity index (χ4v) is 2.55. The van der Waals surface area contributed by atoms with Crippen molar-refractivity contribution in [2.45, 2.75) is 20.4 Å². The van der Waals surface area contributed by atoms with Crippen molar-refractivity contribution in [1.29, 1.82) is 0 Å². The molecule has 0 aliphatic heterocycles. The minimum absolute atomic E-state index is 0.0336. The molecule has 0 bridgehead atoms. The third kappa shape index (κ3) is 4.93. The lowest BCUT2D eigenvalue weighted by Crippen LogP contribution is -2.28. The van der Waals surface area contributed by atoms with Gasteiger partial charge < -0.3 is 10.1 Å². The number of benzene rings is 2. The maximum Gasteiger partial charge on any atom is 0.258 e. The molecule has 2 aromatic carbocycles. The standard InChI is InChI=1S/C17H17Cl2NO2/c1-11-5-12(2)7-15(6-11)22-10-17(21)20-9-13-3-4-14(18)8-16(13)19/h3-8H,9-10H2,1-2H3,(H,20,21). The Morgan fingerprint density at radius 3 is 2.41 bits per heavy atom. The van der Waals surface area contributed by atoms with Gasteiger partial charge in [0.15, 0.2) is 6.61 Å². The van der Waals surface area contributed by atoms with E-state index in [0.717, 1.165) is 16.7 Å². The van der Waals surface area contributed by atoms with Gasteiger partial charge in [0.2, 0.25) is 0 Å². The normalized spacial score (nSPS) is 10.4. The molecular formula is C17H17Cl2NO2. The lowest BCUT2D eigenvalue weighted by Gasteiger charge is -2.10. The Hall–Kier alpha value is -1.71. The van der Waals surface area contributed by atoms with Crippen LogP contribution >= 0.6 is 23.2 Å². The monoisotopic (exact) mass is 337 g/mol. The number of carbonyl (C=O) groups excluding carboxylic acids is 1. The first-order valence-corrected chi connectivity index (χ1v) is 7.61. The van der Waals surface area contributed by atoms with Gasteiger partial charge in [-0.3, -0.25) is 4.79 Å². The molecule has 5 heteroatoms. The SMILES string of the molecule is Cc1cc(C)cc(OCC(=O)NCc2ccc(Cl)cc2Cl)c1. The number of nitrogens with one attached hydrogen (secondary N) is 1. The largest absolute Gasteiger partial charge is 0.484 e. The Balaban J connectivity index is 1.85. The summed E-state index contributed by atoms with van der Waals surface area (Å²) in [6, 6.07) is 11.0. The van der Waals surface area contributed by atoms with Crippen LogP contribution in [-0.2, 0) is 11.3 Å². The second kappa shape index (κ2) is 7.52. The van der Waals surface area contributed by atoms with E-state index in [4.69, 9.17) is 27.9 Å². The van der Waals surface area contributed by atoms with Crippen LogP contribution in [-0.4, -0.2) is 12.5 Å². The van der Waals surface area contributed by atoms with Gasteiger partial charge in [0, 0.05) is 16.6 Å². The average Bonchev–Trinajstić information content (AvgIpc) is 2.43. The van der Waals surface area contributed by atoms with E-state index in [9.17, 15) is 4.79 Å². The number of amides is 1. The van der Waals surface area contributed by atoms with Crippen LogP contribution in [0.4, 0.5) is 0 Å². The van der Waals surface area contributed by atoms with E-state index < -0.39 is 0 Å². The Bertz CT molecular complexity index is 666. The van der Waals surface area contributed by atoms with E-state index in [-0.39, 0.29) is 12.5 Å². The van der Waals surface area contributed by atoms with Gasteiger partial charge in [-0.2, -0.15) is 0 Å². The molecule has 0 saturated heterocycles. The van der Waals surface area contributed by atoms with Crippen LogP contribution in [0, 0.1) is 13.8 Å². The van der Waals surface area contributed by atoms with E-state index in [2.05, 4.69) is 11.4 Å². The van der Waals surface area contributed by atoms with Crippen molar-refractivity contribution in [2.24, 2.45) is 0 Å². The maximum atomic E-state index is 11.8. The van der Waals surface area contributed by atoms with Gasteiger partial charge in [-0.15, -0.1) is 0 Å². The van der Waals surface area contributed by atoms with Crippen molar-refractivity contribution in [3.8, 4) is 5.75 Å². The van der Waals surface area contributed by atoms with E-state index in [1.54, 1.807) is 18.2 Å². The molecule has 0 radical (unpaired) electrons. The highest BCUT2D eigenvalue weighted by Crippen LogP contribution is 2.20. The highest BCUT2D eigenvalue weighted by molar-refractivity contribution is 6.35. The molecule has 1 N–H and O–H groups in total. The second-order valence-electron chi connectivity index (χ2n) is 5.12. The Kier molecular flexibility index (Phi) is 5.69. The van der Waals surface area contributed by atoms with Crippen molar-refractivity contribution >= 4 is 29.1 Å². The lowest BCUT2D eigenvalue weighted by molar-refractivity contribution is -0.123. The van der Waals surface area contributed by atoms with Gasteiger partial charge in [0.25, 0.3) is 5.91 Å². The highest BCUT2D eigenvalue weighted by atomic mass is 35.5. The van der Waals surface area contributed by atoms with Crippen LogP contribution in [0.3, 0.4) is 0 Å². The van der Waals surface area contributed by atoms with Gasteiger partial charge in [-0.1, -0.05) is 35.3 Å². The lowest BCUT2D eigenvalue weighted by atomic mass is 10.1. The van der Waals surface area contributed by atoms with Crippen molar-refractivity contribution in [3.05, 3.63) is 63.1 Å². The van der Waals surface area contributed by atoms with Crippen LogP contribution in [0.2, 0.25) is 10.0 Å². The van der Waals surface area contributed by atoms with Crippen LogP contribution in [0.5, 0.6) is 5.75 Å². The van der Waals surface area contributed by atoms with Crippen molar-refractivity contribution in [2.75, 3.05) is 6.61 Å². The van der Waals surface area contributed by atoms with Gasteiger partial charge in [-0.05, 0) is 54.8 Å². The molecule has 1 amide bonds. The number of ether oxygens (including phenoxy) is 1. The van der Waals surface area contributed by atoms with E-state index in [0.29, 0.717) is 22.3 Å². The zero-order valence-corrected chi connectivity index (χ0v) is 14.0. The summed E-state index contributed by atoms with van der Waals surface area (Å²) in [6.45, 7) is 4.28. The number of hydrogen-bond donors (Lipinski definition) is 1. The third-order valence-corrected chi connectivity index (χ3v) is 3.64. The summed E-state index contributed by atoms with van der Waals surface area (Å²) in [4.78, 5) is 11.8. The molecule has 116 valence electrons. The number of carbonyl (C=O) groups is 1. The van der Waals surface area contributed by atoms with Crippen LogP contribution < -0.4 is 10.1 Å². The number of aryl methyl sites for hydroxylation is 2. The number of halogens is 2. The fourth-order valence-electron chi connectivity index (χ4n) is 2.08. The summed E-state index contributed by atoms with van der Waals surface area (Å²) < 4.78 is 5.50. The quantitative estimate of drug-likeness (QED) is 0.882. The molecule has 0 unspecified atom stereocenters. The summed E-state index contributed by atoms with van der Waals surface area (Å²) in [5, 5.41) is 3.87. The minimum atomic E-state index is -0.204. The molecule has 2 aromatic rings. The molecule has 3 nitrogen and oxygen atoms in total. The van der Waals surface area contributed by atoms with Crippen molar-refractivity contribution in [3.63, 3.8) is 0 Å². The zero-order valence-electron chi connectivity index (χ0n) is 12.5. The van der Waals surface area contributed by atoms with E-state index in [1.165, 1.54) is 0 Å². The number of rotatable bonds is 5. The Labute approximate surface area is 140 Å². The van der Waals surface area contributed by atoms with Gasteiger partial charge in [0.1, 0.15) is 5.75 Å². The highest BCUT2D eigenvalue weighted by Gasteiger charge is 2.06. The fraction of sp³-hybridized carbons (Fsp3) is 0.235. The van der Waals surface area contributed by atoms with E-state index in [1.807, 2.05) is 26.0 Å². The van der Waals surface area contributed by atoms with Gasteiger partial charge in [-0.25, -0.2) is 0 Å². The summed E-state index contributed by atoms with van der Waals surface area (Å²) in [7, 11) is 0. The van der Waals surface area contributed by atoms with Crippen molar-refractivity contribution < 1.29 is 9.53 Å². The molecule has 2 rings (SSSR count). The Morgan fingerprint density at radius 2 is 1.77 bits per heavy atom. The minimum Gasteiger partial charge on any atom is -0.484 e. The molecule has 0 saturated carbocycles.